The maximum Gasteiger partial charge on any atom is 0.236 e. The van der Waals surface area contributed by atoms with Crippen molar-refractivity contribution in [2.24, 2.45) is 0 Å². The Morgan fingerprint density at radius 3 is 2.46 bits per heavy atom. The summed E-state index contributed by atoms with van der Waals surface area (Å²) >= 11 is 0. The molecule has 132 valence electrons. The number of rotatable bonds is 3. The third kappa shape index (κ3) is 4.15. The highest BCUT2D eigenvalue weighted by Crippen LogP contribution is 2.28. The van der Waals surface area contributed by atoms with E-state index in [-0.39, 0.29) is 24.0 Å². The number of benzene rings is 1. The van der Waals surface area contributed by atoms with Crippen LogP contribution in [0.4, 0.5) is 0 Å². The summed E-state index contributed by atoms with van der Waals surface area (Å²) in [5.41, 5.74) is 1.19. The molecule has 0 aromatic heterocycles. The minimum Gasteiger partial charge on any atom is -0.391 e. The number of carbonyl (C=O) groups is 1. The van der Waals surface area contributed by atoms with Gasteiger partial charge in [-0.3, -0.25) is 9.69 Å². The molecule has 24 heavy (non-hydrogen) atoms. The Balaban J connectivity index is 1.53. The molecule has 1 aromatic carbocycles. The number of aliphatic hydroxyl groups excluding tert-OH is 1. The van der Waals surface area contributed by atoms with Crippen LogP contribution in [-0.4, -0.2) is 71.8 Å². The predicted octanol–water partition coefficient (Wildman–Crippen LogP) is 1.47. The maximum atomic E-state index is 12.6. The van der Waals surface area contributed by atoms with Crippen molar-refractivity contribution in [3.63, 3.8) is 0 Å². The van der Waals surface area contributed by atoms with Crippen LogP contribution in [0.5, 0.6) is 0 Å². The zero-order chi connectivity index (χ0) is 17.1. The lowest BCUT2D eigenvalue weighted by atomic mass is 9.87. The first-order chi connectivity index (χ1) is 11.5. The van der Waals surface area contributed by atoms with Gasteiger partial charge in [-0.05, 0) is 32.4 Å². The summed E-state index contributed by atoms with van der Waals surface area (Å²) in [6.45, 7) is 7.12. The first kappa shape index (κ1) is 17.4. The van der Waals surface area contributed by atoms with Gasteiger partial charge in [0.1, 0.15) is 0 Å². The molecule has 1 N–H and O–H groups in total. The molecular weight excluding hydrogens is 304 g/mol. The highest BCUT2D eigenvalue weighted by Gasteiger charge is 2.32. The van der Waals surface area contributed by atoms with E-state index in [1.165, 1.54) is 5.56 Å². The molecule has 2 saturated heterocycles. The summed E-state index contributed by atoms with van der Waals surface area (Å²) in [6, 6.07) is 10.2. The van der Waals surface area contributed by atoms with Crippen molar-refractivity contribution < 1.29 is 14.6 Å². The topological polar surface area (TPSA) is 53.0 Å². The highest BCUT2D eigenvalue weighted by molar-refractivity contribution is 5.78. The molecule has 1 amide bonds. The molecule has 5 heteroatoms. The van der Waals surface area contributed by atoms with Crippen LogP contribution in [0.2, 0.25) is 0 Å². The van der Waals surface area contributed by atoms with Gasteiger partial charge in [0.25, 0.3) is 0 Å². The van der Waals surface area contributed by atoms with Gasteiger partial charge in [-0.1, -0.05) is 30.3 Å². The van der Waals surface area contributed by atoms with Crippen LogP contribution in [0.15, 0.2) is 30.3 Å². The molecule has 0 saturated carbocycles. The fourth-order valence-corrected chi connectivity index (χ4v) is 3.90. The van der Waals surface area contributed by atoms with Gasteiger partial charge < -0.3 is 14.7 Å². The number of hydrogen-bond acceptors (Lipinski definition) is 4. The van der Waals surface area contributed by atoms with Crippen LogP contribution in [0.3, 0.4) is 0 Å². The number of carbonyl (C=O) groups excluding carboxylic acids is 1. The number of likely N-dealkylation sites (tertiary alicyclic amines) is 1. The molecule has 3 rings (SSSR count). The van der Waals surface area contributed by atoms with Gasteiger partial charge in [-0.25, -0.2) is 0 Å². The number of β-amino-alcohol motifs (C(OH)–C–C–N with tert-alkyl or cyclic N) is 1. The minimum absolute atomic E-state index is 0.0899. The van der Waals surface area contributed by atoms with Crippen molar-refractivity contribution in [1.29, 1.82) is 0 Å². The monoisotopic (exact) mass is 332 g/mol. The Morgan fingerprint density at radius 1 is 1.17 bits per heavy atom. The van der Waals surface area contributed by atoms with E-state index in [0.29, 0.717) is 26.2 Å². The average Bonchev–Trinajstić information content (AvgIpc) is 2.55. The van der Waals surface area contributed by atoms with E-state index in [2.05, 4.69) is 17.0 Å². The zero-order valence-corrected chi connectivity index (χ0v) is 14.6. The third-order valence-electron chi connectivity index (χ3n) is 5.02. The van der Waals surface area contributed by atoms with Crippen LogP contribution in [-0.2, 0) is 9.53 Å². The summed E-state index contributed by atoms with van der Waals surface area (Å²) < 4.78 is 5.69. The van der Waals surface area contributed by atoms with Crippen molar-refractivity contribution in [2.45, 2.75) is 44.5 Å². The van der Waals surface area contributed by atoms with E-state index in [0.717, 1.165) is 13.0 Å². The van der Waals surface area contributed by atoms with Crippen molar-refractivity contribution in [3.8, 4) is 0 Å². The lowest BCUT2D eigenvalue weighted by Gasteiger charge is -2.39. The van der Waals surface area contributed by atoms with E-state index >= 15 is 0 Å². The Bertz CT molecular complexity index is 541. The molecule has 4 atom stereocenters. The number of ether oxygens (including phenoxy) is 1. The van der Waals surface area contributed by atoms with Gasteiger partial charge in [-0.15, -0.1) is 0 Å². The molecule has 0 spiro atoms. The van der Waals surface area contributed by atoms with Crippen molar-refractivity contribution in [1.82, 2.24) is 9.80 Å². The maximum absolute atomic E-state index is 12.6. The van der Waals surface area contributed by atoms with Gasteiger partial charge in [0.15, 0.2) is 0 Å². The van der Waals surface area contributed by atoms with Crippen molar-refractivity contribution in [2.75, 3.05) is 32.7 Å². The number of amides is 1. The van der Waals surface area contributed by atoms with Gasteiger partial charge in [-0.2, -0.15) is 0 Å². The summed E-state index contributed by atoms with van der Waals surface area (Å²) in [5.74, 6) is 0.309. The number of piperidine rings is 1. The van der Waals surface area contributed by atoms with Gasteiger partial charge in [0.05, 0.1) is 24.9 Å². The van der Waals surface area contributed by atoms with Crippen molar-refractivity contribution >= 4 is 5.91 Å². The molecule has 0 bridgehead atoms. The van der Waals surface area contributed by atoms with Crippen LogP contribution < -0.4 is 0 Å². The van der Waals surface area contributed by atoms with Gasteiger partial charge >= 0.3 is 0 Å². The van der Waals surface area contributed by atoms with E-state index in [1.54, 1.807) is 0 Å². The highest BCUT2D eigenvalue weighted by atomic mass is 16.5. The molecular formula is C19H28N2O3. The number of aliphatic hydroxyl groups is 1. The summed E-state index contributed by atoms with van der Waals surface area (Å²) in [4.78, 5) is 16.5. The Labute approximate surface area is 144 Å². The Morgan fingerprint density at radius 2 is 1.83 bits per heavy atom. The van der Waals surface area contributed by atoms with Gasteiger partial charge in [0.2, 0.25) is 5.91 Å². The summed E-state index contributed by atoms with van der Waals surface area (Å²) in [5, 5.41) is 10.5. The Kier molecular flexibility index (Phi) is 5.54. The molecule has 5 nitrogen and oxygen atoms in total. The van der Waals surface area contributed by atoms with Crippen LogP contribution in [0.1, 0.15) is 31.7 Å². The second kappa shape index (κ2) is 7.64. The predicted molar refractivity (Wildman–Crippen MR) is 92.8 cm³/mol. The smallest absolute Gasteiger partial charge is 0.236 e. The number of hydrogen-bond donors (Lipinski definition) is 1. The molecule has 2 aliphatic rings. The largest absolute Gasteiger partial charge is 0.391 e. The van der Waals surface area contributed by atoms with Crippen LogP contribution in [0, 0.1) is 0 Å². The van der Waals surface area contributed by atoms with E-state index in [4.69, 9.17) is 4.74 Å². The summed E-state index contributed by atoms with van der Waals surface area (Å²) in [7, 11) is 0. The second-order valence-electron chi connectivity index (χ2n) is 7.16. The fraction of sp³-hybridized carbons (Fsp3) is 0.632. The number of nitrogens with zero attached hydrogens (tertiary/aromatic N) is 2. The Hall–Kier alpha value is -1.43. The van der Waals surface area contributed by atoms with Crippen LogP contribution >= 0.6 is 0 Å². The van der Waals surface area contributed by atoms with E-state index < -0.39 is 6.10 Å². The molecule has 0 aliphatic carbocycles. The fourth-order valence-electron chi connectivity index (χ4n) is 3.90. The van der Waals surface area contributed by atoms with E-state index in [9.17, 15) is 9.90 Å². The first-order valence-corrected chi connectivity index (χ1v) is 8.91. The lowest BCUT2D eigenvalue weighted by Crippen LogP contribution is -2.53. The first-order valence-electron chi connectivity index (χ1n) is 8.91. The summed E-state index contributed by atoms with van der Waals surface area (Å²) in [6.07, 6.45) is 0.643. The molecule has 0 unspecified atom stereocenters. The third-order valence-corrected chi connectivity index (χ3v) is 5.02. The molecule has 2 fully saturated rings. The quantitative estimate of drug-likeness (QED) is 0.911. The lowest BCUT2D eigenvalue weighted by molar-refractivity contribution is -0.145. The average molecular weight is 332 g/mol. The van der Waals surface area contributed by atoms with Crippen molar-refractivity contribution in [3.05, 3.63) is 35.9 Å². The van der Waals surface area contributed by atoms with Gasteiger partial charge in [0, 0.05) is 25.6 Å². The molecule has 1 aromatic rings. The van der Waals surface area contributed by atoms with E-state index in [1.807, 2.05) is 36.9 Å². The second-order valence-corrected chi connectivity index (χ2v) is 7.16. The minimum atomic E-state index is -0.420. The molecule has 2 aliphatic heterocycles. The zero-order valence-electron chi connectivity index (χ0n) is 14.6. The molecule has 0 radical (unpaired) electrons. The number of morpholine rings is 1. The normalized spacial score (nSPS) is 31.9. The molecule has 2 heterocycles. The standard InChI is InChI=1S/C19H28N2O3/c1-14-10-21(11-15(2)24-14)19(23)13-20-9-8-17(18(22)12-20)16-6-4-3-5-7-16/h3-7,14-15,17-18,22H,8-13H2,1-2H3/t14-,15+,17-,18+/m0/s1. The van der Waals surface area contributed by atoms with Crippen LogP contribution in [0.25, 0.3) is 0 Å². The SMILES string of the molecule is C[C@@H]1CN(C(=O)CN2CC[C@@H](c3ccccc3)[C@H](O)C2)C[C@H](C)O1.